The van der Waals surface area contributed by atoms with Gasteiger partial charge in [0.1, 0.15) is 0 Å². The minimum atomic E-state index is 0.668. The molecule has 0 unspecified atom stereocenters. The minimum absolute atomic E-state index is 0.668. The molecule has 0 amide bonds. The maximum Gasteiger partial charge on any atom is 0.0725 e. The molecular formula is C13H17NOS. The quantitative estimate of drug-likeness (QED) is 0.851. The zero-order valence-electron chi connectivity index (χ0n) is 9.37. The van der Waals surface area contributed by atoms with E-state index in [4.69, 9.17) is 4.74 Å². The predicted octanol–water partition coefficient (Wildman–Crippen LogP) is 3.02. The summed E-state index contributed by atoms with van der Waals surface area (Å²) in [5, 5.41) is 3.64. The lowest BCUT2D eigenvalue weighted by Gasteiger charge is -2.23. The van der Waals surface area contributed by atoms with Crippen LogP contribution in [0.2, 0.25) is 0 Å². The number of hydrogen-bond donors (Lipinski definition) is 1. The van der Waals surface area contributed by atoms with E-state index in [1.165, 1.54) is 41.2 Å². The van der Waals surface area contributed by atoms with Crippen LogP contribution >= 0.6 is 11.8 Å². The van der Waals surface area contributed by atoms with Crippen LogP contribution in [0.1, 0.15) is 24.0 Å². The van der Waals surface area contributed by atoms with Gasteiger partial charge in [-0.3, -0.25) is 0 Å². The second-order valence-corrected chi connectivity index (χ2v) is 5.73. The molecule has 0 spiro atoms. The van der Waals surface area contributed by atoms with E-state index in [1.807, 2.05) is 0 Å². The molecule has 2 nitrogen and oxygen atoms in total. The third-order valence-corrected chi connectivity index (χ3v) is 4.36. The molecule has 0 aromatic heterocycles. The average Bonchev–Trinajstić information content (AvgIpc) is 2.77. The molecule has 0 aliphatic carbocycles. The van der Waals surface area contributed by atoms with E-state index in [1.54, 1.807) is 0 Å². The summed E-state index contributed by atoms with van der Waals surface area (Å²) in [6.07, 6.45) is 2.58. The Hall–Kier alpha value is -0.670. The van der Waals surface area contributed by atoms with E-state index in [2.05, 4.69) is 35.3 Å². The van der Waals surface area contributed by atoms with Crippen LogP contribution in [0.15, 0.2) is 18.2 Å². The van der Waals surface area contributed by atoms with Crippen molar-refractivity contribution >= 4 is 17.4 Å². The zero-order valence-corrected chi connectivity index (χ0v) is 10.2. The Morgan fingerprint density at radius 3 is 2.81 bits per heavy atom. The highest BCUT2D eigenvalue weighted by molar-refractivity contribution is 7.99. The van der Waals surface area contributed by atoms with Gasteiger partial charge in [-0.1, -0.05) is 6.07 Å². The van der Waals surface area contributed by atoms with Crippen LogP contribution in [-0.4, -0.2) is 17.5 Å². The molecule has 2 heterocycles. The number of rotatable bonds is 2. The predicted molar refractivity (Wildman–Crippen MR) is 68.9 cm³/mol. The fourth-order valence-corrected chi connectivity index (χ4v) is 3.45. The number of fused-ring (bicyclic) bond motifs is 1. The largest absolute Gasteiger partial charge is 0.382 e. The first-order chi connectivity index (χ1) is 7.92. The van der Waals surface area contributed by atoms with Crippen LogP contribution in [0, 0.1) is 0 Å². The first-order valence-corrected chi connectivity index (χ1v) is 7.11. The molecule has 1 fully saturated rings. The van der Waals surface area contributed by atoms with Crippen LogP contribution < -0.4 is 5.32 Å². The standard InChI is InChI=1S/C13H17NOS/c1-2-13(7-11-9-15-8-10(1)11)14-12-3-5-16-6-4-12/h1-2,7,12,14H,3-6,8-9H2. The van der Waals surface area contributed by atoms with Gasteiger partial charge in [-0.25, -0.2) is 0 Å². The molecule has 1 saturated heterocycles. The third kappa shape index (κ3) is 2.20. The maximum atomic E-state index is 5.43. The molecule has 1 N–H and O–H groups in total. The van der Waals surface area contributed by atoms with Gasteiger partial charge in [-0.2, -0.15) is 11.8 Å². The lowest BCUT2D eigenvalue weighted by molar-refractivity contribution is 0.134. The van der Waals surface area contributed by atoms with E-state index in [0.717, 1.165) is 13.2 Å². The second-order valence-electron chi connectivity index (χ2n) is 4.51. The first kappa shape index (κ1) is 10.5. The topological polar surface area (TPSA) is 21.3 Å². The van der Waals surface area contributed by atoms with Crippen LogP contribution in [0.4, 0.5) is 5.69 Å². The van der Waals surface area contributed by atoms with Crippen molar-refractivity contribution in [3.63, 3.8) is 0 Å². The van der Waals surface area contributed by atoms with Gasteiger partial charge in [0.15, 0.2) is 0 Å². The molecule has 3 heteroatoms. The van der Waals surface area contributed by atoms with Crippen LogP contribution in [-0.2, 0) is 18.0 Å². The third-order valence-electron chi connectivity index (χ3n) is 3.31. The van der Waals surface area contributed by atoms with Gasteiger partial charge < -0.3 is 10.1 Å². The summed E-state index contributed by atoms with van der Waals surface area (Å²) in [6, 6.07) is 7.31. The number of benzene rings is 1. The van der Waals surface area contributed by atoms with Gasteiger partial charge >= 0.3 is 0 Å². The Balaban J connectivity index is 1.69. The van der Waals surface area contributed by atoms with Crippen molar-refractivity contribution in [2.75, 3.05) is 16.8 Å². The van der Waals surface area contributed by atoms with Crippen LogP contribution in [0.3, 0.4) is 0 Å². The van der Waals surface area contributed by atoms with Crippen molar-refractivity contribution in [3.05, 3.63) is 29.3 Å². The summed E-state index contributed by atoms with van der Waals surface area (Å²) in [5.41, 5.74) is 3.97. The van der Waals surface area contributed by atoms with Crippen LogP contribution in [0.5, 0.6) is 0 Å². The minimum Gasteiger partial charge on any atom is -0.382 e. The lowest BCUT2D eigenvalue weighted by atomic mass is 10.1. The fourth-order valence-electron chi connectivity index (χ4n) is 2.34. The average molecular weight is 235 g/mol. The molecule has 2 aliphatic rings. The summed E-state index contributed by atoms with van der Waals surface area (Å²) in [6.45, 7) is 1.57. The molecule has 0 radical (unpaired) electrons. The summed E-state index contributed by atoms with van der Waals surface area (Å²) in [5.74, 6) is 2.59. The highest BCUT2D eigenvalue weighted by atomic mass is 32.2. The fraction of sp³-hybridized carbons (Fsp3) is 0.538. The molecule has 86 valence electrons. The van der Waals surface area contributed by atoms with Gasteiger partial charge in [-0.15, -0.1) is 0 Å². The van der Waals surface area contributed by atoms with Gasteiger partial charge in [0.2, 0.25) is 0 Å². The van der Waals surface area contributed by atoms with Crippen molar-refractivity contribution in [2.45, 2.75) is 32.1 Å². The SMILES string of the molecule is c1cc2c(cc1NC1CCSCC1)COC2. The molecular weight excluding hydrogens is 218 g/mol. The lowest BCUT2D eigenvalue weighted by Crippen LogP contribution is -2.24. The summed E-state index contributed by atoms with van der Waals surface area (Å²) in [4.78, 5) is 0. The highest BCUT2D eigenvalue weighted by Crippen LogP contribution is 2.25. The molecule has 2 aliphatic heterocycles. The first-order valence-electron chi connectivity index (χ1n) is 5.96. The van der Waals surface area contributed by atoms with Gasteiger partial charge in [-0.05, 0) is 47.6 Å². The Kier molecular flexibility index (Phi) is 3.06. The van der Waals surface area contributed by atoms with Crippen LogP contribution in [0.25, 0.3) is 0 Å². The van der Waals surface area contributed by atoms with Gasteiger partial charge in [0, 0.05) is 11.7 Å². The zero-order chi connectivity index (χ0) is 10.8. The molecule has 0 saturated carbocycles. The summed E-state index contributed by atoms with van der Waals surface area (Å²) < 4.78 is 5.43. The van der Waals surface area contributed by atoms with E-state index in [-0.39, 0.29) is 0 Å². The number of hydrogen-bond acceptors (Lipinski definition) is 3. The number of nitrogens with one attached hydrogen (secondary N) is 1. The molecule has 3 rings (SSSR count). The molecule has 16 heavy (non-hydrogen) atoms. The molecule has 1 aromatic rings. The maximum absolute atomic E-state index is 5.43. The van der Waals surface area contributed by atoms with E-state index >= 15 is 0 Å². The molecule has 0 atom stereocenters. The normalized spacial score (nSPS) is 20.8. The highest BCUT2D eigenvalue weighted by Gasteiger charge is 2.15. The number of ether oxygens (including phenoxy) is 1. The Morgan fingerprint density at radius 2 is 1.94 bits per heavy atom. The number of anilines is 1. The van der Waals surface area contributed by atoms with Crippen molar-refractivity contribution < 1.29 is 4.74 Å². The van der Waals surface area contributed by atoms with Crippen molar-refractivity contribution in [1.29, 1.82) is 0 Å². The van der Waals surface area contributed by atoms with E-state index in [9.17, 15) is 0 Å². The Labute approximate surface area is 101 Å². The van der Waals surface area contributed by atoms with E-state index < -0.39 is 0 Å². The Bertz CT molecular complexity index is 374. The molecule has 1 aromatic carbocycles. The molecule has 0 bridgehead atoms. The number of thioether (sulfide) groups is 1. The summed E-state index contributed by atoms with van der Waals surface area (Å²) >= 11 is 2.07. The second kappa shape index (κ2) is 4.68. The van der Waals surface area contributed by atoms with Crippen molar-refractivity contribution in [3.8, 4) is 0 Å². The van der Waals surface area contributed by atoms with Crippen molar-refractivity contribution in [2.24, 2.45) is 0 Å². The van der Waals surface area contributed by atoms with Gasteiger partial charge in [0.05, 0.1) is 13.2 Å². The summed E-state index contributed by atoms with van der Waals surface area (Å²) in [7, 11) is 0. The van der Waals surface area contributed by atoms with Gasteiger partial charge in [0.25, 0.3) is 0 Å². The van der Waals surface area contributed by atoms with Crippen molar-refractivity contribution in [1.82, 2.24) is 0 Å². The monoisotopic (exact) mass is 235 g/mol. The smallest absolute Gasteiger partial charge is 0.0725 e. The van der Waals surface area contributed by atoms with E-state index in [0.29, 0.717) is 6.04 Å². The Morgan fingerprint density at radius 1 is 1.12 bits per heavy atom.